The second kappa shape index (κ2) is 4.62. The van der Waals surface area contributed by atoms with Crippen molar-refractivity contribution in [2.24, 2.45) is 0 Å². The number of carbonyl (C=O) groups is 1. The second-order valence-electron chi connectivity index (χ2n) is 1.58. The van der Waals surface area contributed by atoms with Gasteiger partial charge >= 0.3 is 0 Å². The van der Waals surface area contributed by atoms with Crippen molar-refractivity contribution < 1.29 is 4.79 Å². The lowest BCUT2D eigenvalue weighted by Gasteiger charge is -1.96. The first kappa shape index (κ1) is 7.47. The topological polar surface area (TPSA) is 29.1 Å². The Bertz CT molecular complexity index is 70.9. The zero-order valence-electron chi connectivity index (χ0n) is 5.40. The highest BCUT2D eigenvalue weighted by atomic mass is 16.1. The molecule has 2 heteroatoms. The van der Waals surface area contributed by atoms with Gasteiger partial charge in [0.1, 0.15) is 0 Å². The van der Waals surface area contributed by atoms with E-state index in [1.165, 1.54) is 6.42 Å². The molecule has 0 aliphatic heterocycles. The van der Waals surface area contributed by atoms with Crippen LogP contribution in [-0.4, -0.2) is 12.5 Å². The predicted octanol–water partition coefficient (Wildman–Crippen LogP) is 0.737. The number of rotatable bonds is 3. The van der Waals surface area contributed by atoms with Gasteiger partial charge in [0.15, 0.2) is 0 Å². The summed E-state index contributed by atoms with van der Waals surface area (Å²) in [6.07, 6.45) is 2.52. The van der Waals surface area contributed by atoms with Crippen LogP contribution < -0.4 is 5.32 Å². The highest BCUT2D eigenvalue weighted by molar-refractivity contribution is 5.83. The van der Waals surface area contributed by atoms with E-state index in [0.717, 1.165) is 13.0 Å². The minimum atomic E-state index is 0.0202. The van der Waals surface area contributed by atoms with Crippen LogP contribution in [0.15, 0.2) is 0 Å². The average molecular weight is 114 g/mol. The van der Waals surface area contributed by atoms with Crippen LogP contribution in [0.5, 0.6) is 0 Å². The Kier molecular flexibility index (Phi) is 4.32. The Balaban J connectivity index is 2.99. The van der Waals surface area contributed by atoms with Crippen LogP contribution in [0.3, 0.4) is 0 Å². The first-order valence-electron chi connectivity index (χ1n) is 2.88. The third kappa shape index (κ3) is 3.65. The maximum Gasteiger partial charge on any atom is 0.223 e. The third-order valence-corrected chi connectivity index (χ3v) is 0.811. The van der Waals surface area contributed by atoms with E-state index < -0.39 is 0 Å². The van der Waals surface area contributed by atoms with E-state index in [1.807, 2.05) is 6.92 Å². The number of hydrogen-bond acceptors (Lipinski definition) is 1. The van der Waals surface area contributed by atoms with Crippen LogP contribution in [0.25, 0.3) is 0 Å². The van der Waals surface area contributed by atoms with E-state index in [9.17, 15) is 4.79 Å². The fraction of sp³-hybridized carbons (Fsp3) is 0.667. The Hall–Kier alpha value is -0.530. The molecule has 0 unspecified atom stereocenters. The molecule has 2 nitrogen and oxygen atoms in total. The van der Waals surface area contributed by atoms with Crippen LogP contribution in [0, 0.1) is 6.42 Å². The lowest BCUT2D eigenvalue weighted by Crippen LogP contribution is -2.22. The van der Waals surface area contributed by atoms with Gasteiger partial charge in [-0.05, 0) is 6.42 Å². The minimum Gasteiger partial charge on any atom is -0.356 e. The third-order valence-electron chi connectivity index (χ3n) is 0.811. The summed E-state index contributed by atoms with van der Waals surface area (Å²) in [5.41, 5.74) is 0. The van der Waals surface area contributed by atoms with Gasteiger partial charge in [-0.2, -0.15) is 0 Å². The number of hydrogen-bond donors (Lipinski definition) is 1. The lowest BCUT2D eigenvalue weighted by molar-refractivity contribution is -0.117. The van der Waals surface area contributed by atoms with Crippen molar-refractivity contribution in [1.82, 2.24) is 5.32 Å². The molecular weight excluding hydrogens is 102 g/mol. The van der Waals surface area contributed by atoms with Crippen LogP contribution in [-0.2, 0) is 4.79 Å². The van der Waals surface area contributed by atoms with E-state index in [-0.39, 0.29) is 5.91 Å². The second-order valence-corrected chi connectivity index (χ2v) is 1.58. The Labute approximate surface area is 50.3 Å². The Morgan fingerprint density at radius 3 is 2.75 bits per heavy atom. The Morgan fingerprint density at radius 1 is 1.75 bits per heavy atom. The zero-order valence-corrected chi connectivity index (χ0v) is 5.40. The van der Waals surface area contributed by atoms with E-state index in [0.29, 0.717) is 0 Å². The summed E-state index contributed by atoms with van der Waals surface area (Å²) in [7, 11) is 0. The SMILES string of the molecule is C[CH]C(=O)NCCC. The monoisotopic (exact) mass is 114 g/mol. The smallest absolute Gasteiger partial charge is 0.223 e. The van der Waals surface area contributed by atoms with Crippen molar-refractivity contribution in [2.45, 2.75) is 20.3 Å². The van der Waals surface area contributed by atoms with Crippen molar-refractivity contribution in [3.63, 3.8) is 0 Å². The largest absolute Gasteiger partial charge is 0.356 e. The number of carbonyl (C=O) groups excluding carboxylic acids is 1. The van der Waals surface area contributed by atoms with Crippen molar-refractivity contribution in [3.8, 4) is 0 Å². The fourth-order valence-corrected chi connectivity index (χ4v) is 0.350. The minimum absolute atomic E-state index is 0.0202. The normalized spacial score (nSPS) is 8.75. The molecular formula is C6H12NO. The molecule has 0 saturated carbocycles. The molecule has 0 atom stereocenters. The molecule has 0 aromatic carbocycles. The van der Waals surface area contributed by atoms with Crippen molar-refractivity contribution in [1.29, 1.82) is 0 Å². The van der Waals surface area contributed by atoms with Crippen LogP contribution in [0.2, 0.25) is 0 Å². The highest BCUT2D eigenvalue weighted by Crippen LogP contribution is 1.73. The van der Waals surface area contributed by atoms with Crippen LogP contribution in [0.4, 0.5) is 0 Å². The molecule has 0 aromatic rings. The zero-order chi connectivity index (χ0) is 6.41. The van der Waals surface area contributed by atoms with Gasteiger partial charge in [0, 0.05) is 13.0 Å². The summed E-state index contributed by atoms with van der Waals surface area (Å²) in [5.74, 6) is 0.0202. The molecule has 47 valence electrons. The van der Waals surface area contributed by atoms with Crippen molar-refractivity contribution >= 4 is 5.91 Å². The van der Waals surface area contributed by atoms with Gasteiger partial charge < -0.3 is 5.32 Å². The predicted molar refractivity (Wildman–Crippen MR) is 33.3 cm³/mol. The van der Waals surface area contributed by atoms with E-state index in [1.54, 1.807) is 6.92 Å². The molecule has 0 bridgehead atoms. The number of amides is 1. The Morgan fingerprint density at radius 2 is 2.38 bits per heavy atom. The molecule has 0 aliphatic rings. The summed E-state index contributed by atoms with van der Waals surface area (Å²) in [4.78, 5) is 10.4. The quantitative estimate of drug-likeness (QED) is 0.576. The van der Waals surface area contributed by atoms with Crippen LogP contribution >= 0.6 is 0 Å². The van der Waals surface area contributed by atoms with Gasteiger partial charge in [-0.15, -0.1) is 0 Å². The average Bonchev–Trinajstić information content (AvgIpc) is 1.83. The molecule has 0 saturated heterocycles. The number of nitrogens with one attached hydrogen (secondary N) is 1. The standard InChI is InChI=1S/C6H12NO/c1-3-5-7-6(8)4-2/h4H,3,5H2,1-2H3,(H,7,8). The van der Waals surface area contributed by atoms with Gasteiger partial charge in [0.05, 0.1) is 0 Å². The van der Waals surface area contributed by atoms with Crippen LogP contribution in [0.1, 0.15) is 20.3 Å². The fourth-order valence-electron chi connectivity index (χ4n) is 0.350. The maximum absolute atomic E-state index is 10.4. The molecule has 0 aromatic heterocycles. The highest BCUT2D eigenvalue weighted by Gasteiger charge is 1.91. The van der Waals surface area contributed by atoms with Gasteiger partial charge in [0.2, 0.25) is 5.91 Å². The molecule has 0 rings (SSSR count). The summed E-state index contributed by atoms with van der Waals surface area (Å²) >= 11 is 0. The summed E-state index contributed by atoms with van der Waals surface area (Å²) in [5, 5.41) is 2.69. The summed E-state index contributed by atoms with van der Waals surface area (Å²) in [6.45, 7) is 4.53. The molecule has 0 heterocycles. The molecule has 1 radical (unpaired) electrons. The van der Waals surface area contributed by atoms with Crippen molar-refractivity contribution in [2.75, 3.05) is 6.54 Å². The molecule has 0 spiro atoms. The molecule has 1 N–H and O–H groups in total. The van der Waals surface area contributed by atoms with Crippen molar-refractivity contribution in [3.05, 3.63) is 6.42 Å². The lowest BCUT2D eigenvalue weighted by atomic mass is 10.4. The molecule has 8 heavy (non-hydrogen) atoms. The summed E-state index contributed by atoms with van der Waals surface area (Å²) in [6, 6.07) is 0. The molecule has 0 fully saturated rings. The van der Waals surface area contributed by atoms with E-state index >= 15 is 0 Å². The van der Waals surface area contributed by atoms with Gasteiger partial charge in [-0.3, -0.25) is 4.79 Å². The van der Waals surface area contributed by atoms with Gasteiger partial charge in [-0.25, -0.2) is 0 Å². The van der Waals surface area contributed by atoms with E-state index in [4.69, 9.17) is 0 Å². The molecule has 1 amide bonds. The first-order valence-corrected chi connectivity index (χ1v) is 2.88. The maximum atomic E-state index is 10.4. The summed E-state index contributed by atoms with van der Waals surface area (Å²) < 4.78 is 0. The van der Waals surface area contributed by atoms with Gasteiger partial charge in [0.25, 0.3) is 0 Å². The van der Waals surface area contributed by atoms with Gasteiger partial charge in [-0.1, -0.05) is 13.8 Å². The molecule has 0 aliphatic carbocycles. The van der Waals surface area contributed by atoms with E-state index in [2.05, 4.69) is 5.32 Å². The first-order chi connectivity index (χ1) is 3.81.